The van der Waals surface area contributed by atoms with Gasteiger partial charge in [0.25, 0.3) is 5.91 Å². The van der Waals surface area contributed by atoms with E-state index >= 15 is 0 Å². The highest BCUT2D eigenvalue weighted by molar-refractivity contribution is 5.96. The summed E-state index contributed by atoms with van der Waals surface area (Å²) in [5.41, 5.74) is 3.04. The summed E-state index contributed by atoms with van der Waals surface area (Å²) in [5, 5.41) is 2.75. The van der Waals surface area contributed by atoms with Crippen LogP contribution < -0.4 is 14.8 Å². The zero-order valence-electron chi connectivity index (χ0n) is 16.1. The third-order valence-corrected chi connectivity index (χ3v) is 4.07. The Balaban J connectivity index is 1.96. The number of anilines is 1. The molecule has 0 saturated heterocycles. The summed E-state index contributed by atoms with van der Waals surface area (Å²) in [6, 6.07) is 10.4. The van der Waals surface area contributed by atoms with Gasteiger partial charge in [0.2, 0.25) is 0 Å². The second kappa shape index (κ2) is 9.62. The molecule has 0 spiro atoms. The van der Waals surface area contributed by atoms with Crippen LogP contribution >= 0.6 is 0 Å². The van der Waals surface area contributed by atoms with E-state index in [-0.39, 0.29) is 12.2 Å². The molecule has 0 aromatic heterocycles. The maximum absolute atomic E-state index is 12.2. The SMILES string of the molecule is CCCOc1ccc(C(=O)OCC(=O)Nc2cccc(C)c2C)cc1OC. The summed E-state index contributed by atoms with van der Waals surface area (Å²) in [4.78, 5) is 24.3. The lowest BCUT2D eigenvalue weighted by Crippen LogP contribution is -2.21. The smallest absolute Gasteiger partial charge is 0.338 e. The highest BCUT2D eigenvalue weighted by Crippen LogP contribution is 2.28. The summed E-state index contributed by atoms with van der Waals surface area (Å²) >= 11 is 0. The first-order valence-corrected chi connectivity index (χ1v) is 8.80. The number of carbonyl (C=O) groups is 2. The standard InChI is InChI=1S/C21H25NO5/c1-5-11-26-18-10-9-16(12-19(18)25-4)21(24)27-13-20(23)22-17-8-6-7-14(2)15(17)3/h6-10,12H,5,11,13H2,1-4H3,(H,22,23). The van der Waals surface area contributed by atoms with Gasteiger partial charge >= 0.3 is 5.97 Å². The second-order valence-corrected chi connectivity index (χ2v) is 6.09. The fourth-order valence-electron chi connectivity index (χ4n) is 2.41. The first-order valence-electron chi connectivity index (χ1n) is 8.80. The van der Waals surface area contributed by atoms with Crippen LogP contribution in [0.1, 0.15) is 34.8 Å². The van der Waals surface area contributed by atoms with Crippen molar-refractivity contribution in [2.75, 3.05) is 25.6 Å². The van der Waals surface area contributed by atoms with Crippen molar-refractivity contribution in [3.8, 4) is 11.5 Å². The van der Waals surface area contributed by atoms with Crippen molar-refractivity contribution < 1.29 is 23.8 Å². The fourth-order valence-corrected chi connectivity index (χ4v) is 2.41. The highest BCUT2D eigenvalue weighted by Gasteiger charge is 2.14. The average Bonchev–Trinajstić information content (AvgIpc) is 2.67. The van der Waals surface area contributed by atoms with E-state index in [1.807, 2.05) is 39.0 Å². The predicted octanol–water partition coefficient (Wildman–Crippen LogP) is 3.90. The molecule has 0 unspecified atom stereocenters. The number of nitrogens with one attached hydrogen (secondary N) is 1. The van der Waals surface area contributed by atoms with E-state index in [1.54, 1.807) is 12.1 Å². The Bertz CT molecular complexity index is 816. The van der Waals surface area contributed by atoms with Gasteiger partial charge in [-0.25, -0.2) is 4.79 Å². The maximum atomic E-state index is 12.2. The molecule has 0 saturated carbocycles. The Morgan fingerprint density at radius 3 is 2.56 bits per heavy atom. The highest BCUT2D eigenvalue weighted by atomic mass is 16.5. The van der Waals surface area contributed by atoms with Gasteiger partial charge in [0.1, 0.15) is 0 Å². The van der Waals surface area contributed by atoms with Gasteiger partial charge in [0.15, 0.2) is 18.1 Å². The molecule has 2 rings (SSSR count). The van der Waals surface area contributed by atoms with Crippen molar-refractivity contribution >= 4 is 17.6 Å². The van der Waals surface area contributed by atoms with Crippen molar-refractivity contribution in [3.05, 3.63) is 53.1 Å². The van der Waals surface area contributed by atoms with Gasteiger partial charge < -0.3 is 19.5 Å². The van der Waals surface area contributed by atoms with Crippen molar-refractivity contribution in [1.29, 1.82) is 0 Å². The Morgan fingerprint density at radius 2 is 1.85 bits per heavy atom. The van der Waals surface area contributed by atoms with E-state index in [2.05, 4.69) is 5.32 Å². The molecule has 1 amide bonds. The number of hydrogen-bond acceptors (Lipinski definition) is 5. The van der Waals surface area contributed by atoms with Gasteiger partial charge in [0.05, 0.1) is 19.3 Å². The fraction of sp³-hybridized carbons (Fsp3) is 0.333. The minimum Gasteiger partial charge on any atom is -0.493 e. The topological polar surface area (TPSA) is 73.9 Å². The maximum Gasteiger partial charge on any atom is 0.338 e. The number of rotatable bonds is 8. The number of amides is 1. The number of benzene rings is 2. The van der Waals surface area contributed by atoms with Crippen LogP contribution in [-0.2, 0) is 9.53 Å². The largest absolute Gasteiger partial charge is 0.493 e. The third kappa shape index (κ3) is 5.48. The zero-order chi connectivity index (χ0) is 19.8. The molecule has 0 radical (unpaired) electrons. The van der Waals surface area contributed by atoms with E-state index in [0.29, 0.717) is 23.8 Å². The Morgan fingerprint density at radius 1 is 1.07 bits per heavy atom. The lowest BCUT2D eigenvalue weighted by Gasteiger charge is -2.12. The van der Waals surface area contributed by atoms with Crippen LogP contribution in [0.25, 0.3) is 0 Å². The summed E-state index contributed by atoms with van der Waals surface area (Å²) in [6.07, 6.45) is 0.864. The number of hydrogen-bond donors (Lipinski definition) is 1. The molecule has 0 heterocycles. The normalized spacial score (nSPS) is 10.2. The number of carbonyl (C=O) groups excluding carboxylic acids is 2. The molecule has 0 atom stereocenters. The summed E-state index contributed by atoms with van der Waals surface area (Å²) in [6.45, 7) is 6.07. The predicted molar refractivity (Wildman–Crippen MR) is 104 cm³/mol. The Kier molecular flexibility index (Phi) is 7.23. The molecule has 144 valence electrons. The van der Waals surface area contributed by atoms with E-state index < -0.39 is 11.9 Å². The molecule has 0 aliphatic rings. The minimum absolute atomic E-state index is 0.287. The molecule has 6 heteroatoms. The van der Waals surface area contributed by atoms with E-state index in [4.69, 9.17) is 14.2 Å². The molecular formula is C21H25NO5. The van der Waals surface area contributed by atoms with E-state index in [0.717, 1.165) is 17.5 Å². The van der Waals surface area contributed by atoms with Crippen LogP contribution in [0, 0.1) is 13.8 Å². The van der Waals surface area contributed by atoms with Crippen LogP contribution in [0.15, 0.2) is 36.4 Å². The first kappa shape index (κ1) is 20.3. The molecule has 0 fully saturated rings. The zero-order valence-corrected chi connectivity index (χ0v) is 16.1. The van der Waals surface area contributed by atoms with E-state index in [9.17, 15) is 9.59 Å². The van der Waals surface area contributed by atoms with Crippen LogP contribution in [0.3, 0.4) is 0 Å². The molecule has 0 aliphatic heterocycles. The summed E-state index contributed by atoms with van der Waals surface area (Å²) in [5.74, 6) is -0.000303. The van der Waals surface area contributed by atoms with Crippen LogP contribution in [-0.4, -0.2) is 32.2 Å². The van der Waals surface area contributed by atoms with Crippen molar-refractivity contribution in [1.82, 2.24) is 0 Å². The number of aryl methyl sites for hydroxylation is 1. The van der Waals surface area contributed by atoms with Gasteiger partial charge in [0, 0.05) is 5.69 Å². The summed E-state index contributed by atoms with van der Waals surface area (Å²) in [7, 11) is 1.50. The molecule has 0 bridgehead atoms. The monoisotopic (exact) mass is 371 g/mol. The number of methoxy groups -OCH3 is 1. The third-order valence-electron chi connectivity index (χ3n) is 4.07. The molecule has 27 heavy (non-hydrogen) atoms. The van der Waals surface area contributed by atoms with Gasteiger partial charge in [-0.1, -0.05) is 19.1 Å². The molecular weight excluding hydrogens is 346 g/mol. The quantitative estimate of drug-likeness (QED) is 0.713. The second-order valence-electron chi connectivity index (χ2n) is 6.09. The first-order chi connectivity index (χ1) is 13.0. The van der Waals surface area contributed by atoms with Crippen LogP contribution in [0.2, 0.25) is 0 Å². The van der Waals surface area contributed by atoms with Crippen molar-refractivity contribution in [2.24, 2.45) is 0 Å². The van der Waals surface area contributed by atoms with Gasteiger partial charge in [-0.15, -0.1) is 0 Å². The van der Waals surface area contributed by atoms with E-state index in [1.165, 1.54) is 13.2 Å². The molecule has 1 N–H and O–H groups in total. The van der Waals surface area contributed by atoms with Crippen molar-refractivity contribution in [3.63, 3.8) is 0 Å². The van der Waals surface area contributed by atoms with Crippen LogP contribution in [0.4, 0.5) is 5.69 Å². The number of ether oxygens (including phenoxy) is 3. The van der Waals surface area contributed by atoms with Crippen LogP contribution in [0.5, 0.6) is 11.5 Å². The molecule has 2 aromatic rings. The van der Waals surface area contributed by atoms with Crippen molar-refractivity contribution in [2.45, 2.75) is 27.2 Å². The minimum atomic E-state index is -0.605. The summed E-state index contributed by atoms with van der Waals surface area (Å²) < 4.78 is 15.9. The Hall–Kier alpha value is -3.02. The van der Waals surface area contributed by atoms with Gasteiger partial charge in [-0.3, -0.25) is 4.79 Å². The van der Waals surface area contributed by atoms with Gasteiger partial charge in [-0.05, 0) is 55.7 Å². The molecule has 2 aromatic carbocycles. The average molecular weight is 371 g/mol. The van der Waals surface area contributed by atoms with Gasteiger partial charge in [-0.2, -0.15) is 0 Å². The molecule has 6 nitrogen and oxygen atoms in total. The Labute approximate surface area is 159 Å². The molecule has 0 aliphatic carbocycles. The lowest BCUT2D eigenvalue weighted by atomic mass is 10.1. The number of esters is 1. The lowest BCUT2D eigenvalue weighted by molar-refractivity contribution is -0.119.